The lowest BCUT2D eigenvalue weighted by Crippen LogP contribution is -2.39. The SMILES string of the molecule is NS(=O)(=O)c1ccc(N2CC[C@H](NC(=O)Nc3ccc(C(F)(F)F)cc3)C2)nc1. The standard InChI is InChI=1S/C17H18F3N5O3S/c18-17(19,20)11-1-3-12(4-2-11)23-16(26)24-13-7-8-25(10-13)15-6-5-14(9-22-15)29(21,27)28/h1-6,9,13H,7-8,10H2,(H2,21,27,28)(H2,23,24,26)/t13-/m0/s1. The van der Waals surface area contributed by atoms with Gasteiger partial charge in [-0.05, 0) is 42.8 Å². The molecule has 0 saturated carbocycles. The molecule has 4 N–H and O–H groups in total. The molecule has 0 aliphatic carbocycles. The minimum Gasteiger partial charge on any atom is -0.354 e. The van der Waals surface area contributed by atoms with E-state index in [1.54, 1.807) is 0 Å². The molecule has 1 aromatic carbocycles. The average molecular weight is 429 g/mol. The Balaban J connectivity index is 1.53. The van der Waals surface area contributed by atoms with Crippen molar-refractivity contribution >= 4 is 27.6 Å². The van der Waals surface area contributed by atoms with Crippen molar-refractivity contribution in [3.8, 4) is 0 Å². The second-order valence-corrected chi connectivity index (χ2v) is 8.06. The van der Waals surface area contributed by atoms with Crippen LogP contribution in [0.2, 0.25) is 0 Å². The molecule has 12 heteroatoms. The third-order valence-electron chi connectivity index (χ3n) is 4.37. The van der Waals surface area contributed by atoms with Crippen molar-refractivity contribution < 1.29 is 26.4 Å². The number of nitrogens with zero attached hydrogens (tertiary/aromatic N) is 2. The average Bonchev–Trinajstić information content (AvgIpc) is 3.09. The van der Waals surface area contributed by atoms with Crippen LogP contribution in [0.25, 0.3) is 0 Å². The largest absolute Gasteiger partial charge is 0.416 e. The predicted octanol–water partition coefficient (Wildman–Crippen LogP) is 2.15. The zero-order valence-corrected chi connectivity index (χ0v) is 15.8. The van der Waals surface area contributed by atoms with Crippen molar-refractivity contribution in [2.45, 2.75) is 23.5 Å². The van der Waals surface area contributed by atoms with Crippen LogP contribution in [0.4, 0.5) is 29.5 Å². The molecule has 0 spiro atoms. The molecule has 1 aliphatic rings. The number of carbonyl (C=O) groups is 1. The van der Waals surface area contributed by atoms with Gasteiger partial charge in [0.1, 0.15) is 10.7 Å². The van der Waals surface area contributed by atoms with E-state index in [2.05, 4.69) is 15.6 Å². The number of aromatic nitrogens is 1. The predicted molar refractivity (Wildman–Crippen MR) is 99.8 cm³/mol. The highest BCUT2D eigenvalue weighted by Gasteiger charge is 2.30. The Morgan fingerprint density at radius 1 is 1.17 bits per heavy atom. The summed E-state index contributed by atoms with van der Waals surface area (Å²) in [6.07, 6.45) is -2.64. The van der Waals surface area contributed by atoms with Gasteiger partial charge in [-0.2, -0.15) is 13.2 Å². The molecule has 2 amide bonds. The summed E-state index contributed by atoms with van der Waals surface area (Å²) in [7, 11) is -3.82. The minimum absolute atomic E-state index is 0.0916. The molecule has 0 radical (unpaired) electrons. The normalized spacial score (nSPS) is 17.2. The molecule has 8 nitrogen and oxygen atoms in total. The van der Waals surface area contributed by atoms with E-state index in [0.29, 0.717) is 25.3 Å². The van der Waals surface area contributed by atoms with Crippen LogP contribution < -0.4 is 20.7 Å². The van der Waals surface area contributed by atoms with E-state index >= 15 is 0 Å². The van der Waals surface area contributed by atoms with Crippen molar-refractivity contribution in [1.29, 1.82) is 0 Å². The summed E-state index contributed by atoms with van der Waals surface area (Å²) in [6, 6.07) is 6.30. The molecule has 0 bridgehead atoms. The molecular weight excluding hydrogens is 411 g/mol. The molecule has 1 atom stereocenters. The van der Waals surface area contributed by atoms with E-state index in [0.717, 1.165) is 12.1 Å². The molecule has 2 heterocycles. The number of urea groups is 1. The van der Waals surface area contributed by atoms with Crippen LogP contribution in [-0.4, -0.2) is 38.6 Å². The number of alkyl halides is 3. The lowest BCUT2D eigenvalue weighted by atomic mass is 10.2. The Hall–Kier alpha value is -2.86. The number of hydrogen-bond acceptors (Lipinski definition) is 5. The van der Waals surface area contributed by atoms with Gasteiger partial charge in [-0.1, -0.05) is 0 Å². The number of pyridine rings is 1. The summed E-state index contributed by atoms with van der Waals surface area (Å²) in [5.74, 6) is 0.546. The van der Waals surface area contributed by atoms with E-state index in [1.807, 2.05) is 4.90 Å². The topological polar surface area (TPSA) is 117 Å². The number of nitrogens with one attached hydrogen (secondary N) is 2. The van der Waals surface area contributed by atoms with E-state index in [4.69, 9.17) is 5.14 Å². The first kappa shape index (κ1) is 20.9. The number of amides is 2. The van der Waals surface area contributed by atoms with Crippen LogP contribution in [0.15, 0.2) is 47.5 Å². The molecule has 156 valence electrons. The Bertz CT molecular complexity index is 979. The second-order valence-electron chi connectivity index (χ2n) is 6.50. The summed E-state index contributed by atoms with van der Waals surface area (Å²) in [4.78, 5) is 18.0. The zero-order chi connectivity index (χ0) is 21.2. The van der Waals surface area contributed by atoms with E-state index < -0.39 is 27.8 Å². The number of halogens is 3. The molecule has 1 aliphatic heterocycles. The zero-order valence-electron chi connectivity index (χ0n) is 15.0. The summed E-state index contributed by atoms with van der Waals surface area (Å²) < 4.78 is 60.2. The third-order valence-corrected chi connectivity index (χ3v) is 5.27. The van der Waals surface area contributed by atoms with E-state index in [-0.39, 0.29) is 16.6 Å². The van der Waals surface area contributed by atoms with Gasteiger partial charge in [0.15, 0.2) is 0 Å². The number of primary sulfonamides is 1. The number of benzene rings is 1. The van der Waals surface area contributed by atoms with Crippen LogP contribution in [0.5, 0.6) is 0 Å². The lowest BCUT2D eigenvalue weighted by Gasteiger charge is -2.18. The number of hydrogen-bond donors (Lipinski definition) is 3. The number of rotatable bonds is 4. The van der Waals surface area contributed by atoms with E-state index in [1.165, 1.54) is 30.5 Å². The monoisotopic (exact) mass is 429 g/mol. The number of sulfonamides is 1. The molecule has 3 rings (SSSR count). The second kappa shape index (κ2) is 7.87. The van der Waals surface area contributed by atoms with Crippen LogP contribution >= 0.6 is 0 Å². The van der Waals surface area contributed by atoms with Gasteiger partial charge < -0.3 is 15.5 Å². The van der Waals surface area contributed by atoms with Crippen molar-refractivity contribution in [3.05, 3.63) is 48.2 Å². The van der Waals surface area contributed by atoms with Gasteiger partial charge in [0.05, 0.1) is 5.56 Å². The third kappa shape index (κ3) is 5.35. The number of carbonyl (C=O) groups excluding carboxylic acids is 1. The maximum atomic E-state index is 12.6. The Labute approximate surface area is 165 Å². The highest BCUT2D eigenvalue weighted by molar-refractivity contribution is 7.89. The fourth-order valence-corrected chi connectivity index (χ4v) is 3.37. The lowest BCUT2D eigenvalue weighted by molar-refractivity contribution is -0.137. The Kier molecular flexibility index (Phi) is 5.66. The molecule has 1 aromatic heterocycles. The fourth-order valence-electron chi connectivity index (χ4n) is 2.91. The minimum atomic E-state index is -4.44. The fraction of sp³-hybridized carbons (Fsp3) is 0.294. The Morgan fingerprint density at radius 3 is 2.41 bits per heavy atom. The van der Waals surface area contributed by atoms with Crippen LogP contribution in [0.1, 0.15) is 12.0 Å². The number of nitrogens with two attached hydrogens (primary N) is 1. The first-order valence-corrected chi connectivity index (χ1v) is 10.1. The summed E-state index contributed by atoms with van der Waals surface area (Å²) in [5, 5.41) is 10.3. The Morgan fingerprint density at radius 2 is 1.86 bits per heavy atom. The van der Waals surface area contributed by atoms with Crippen LogP contribution in [0, 0.1) is 0 Å². The van der Waals surface area contributed by atoms with Gasteiger partial charge in [-0.15, -0.1) is 0 Å². The van der Waals surface area contributed by atoms with Gasteiger partial charge >= 0.3 is 12.2 Å². The van der Waals surface area contributed by atoms with Crippen LogP contribution in [-0.2, 0) is 16.2 Å². The van der Waals surface area contributed by atoms with Gasteiger partial charge in [-0.25, -0.2) is 23.3 Å². The van der Waals surface area contributed by atoms with E-state index in [9.17, 15) is 26.4 Å². The quantitative estimate of drug-likeness (QED) is 0.689. The highest BCUT2D eigenvalue weighted by Crippen LogP contribution is 2.29. The molecular formula is C17H18F3N5O3S. The molecule has 2 aromatic rings. The molecule has 0 unspecified atom stereocenters. The smallest absolute Gasteiger partial charge is 0.354 e. The first-order chi connectivity index (χ1) is 13.5. The highest BCUT2D eigenvalue weighted by atomic mass is 32.2. The van der Waals surface area contributed by atoms with Gasteiger partial charge in [0.2, 0.25) is 10.0 Å². The van der Waals surface area contributed by atoms with Crippen molar-refractivity contribution in [1.82, 2.24) is 10.3 Å². The summed E-state index contributed by atoms with van der Waals surface area (Å²) in [6.45, 7) is 1.04. The van der Waals surface area contributed by atoms with Crippen molar-refractivity contribution in [2.24, 2.45) is 5.14 Å². The maximum absolute atomic E-state index is 12.6. The van der Waals surface area contributed by atoms with Gasteiger partial charge in [0.25, 0.3) is 0 Å². The van der Waals surface area contributed by atoms with Crippen molar-refractivity contribution in [2.75, 3.05) is 23.3 Å². The first-order valence-electron chi connectivity index (χ1n) is 8.51. The summed E-state index contributed by atoms with van der Waals surface area (Å²) in [5.41, 5.74) is -0.554. The van der Waals surface area contributed by atoms with Gasteiger partial charge in [-0.3, -0.25) is 0 Å². The molecule has 1 saturated heterocycles. The molecule has 29 heavy (non-hydrogen) atoms. The number of anilines is 2. The maximum Gasteiger partial charge on any atom is 0.416 e. The van der Waals surface area contributed by atoms with Crippen LogP contribution in [0.3, 0.4) is 0 Å². The van der Waals surface area contributed by atoms with Crippen molar-refractivity contribution in [3.63, 3.8) is 0 Å². The molecule has 1 fully saturated rings. The summed E-state index contributed by atoms with van der Waals surface area (Å²) >= 11 is 0. The van der Waals surface area contributed by atoms with Gasteiger partial charge in [0, 0.05) is 31.0 Å².